The fourth-order valence-electron chi connectivity index (χ4n) is 0. The molecular weight excluding hydrogens is 275 g/mol. The van der Waals surface area contributed by atoms with Crippen LogP contribution in [0.15, 0.2) is 0 Å². The zero-order valence-electron chi connectivity index (χ0n) is 3.00. The maximum atomic E-state index is 2.40. The minimum absolute atomic E-state index is 0.194. The molecule has 4 heavy (non-hydrogen) atoms. The molecule has 2 heteroatoms. The van der Waals surface area contributed by atoms with Gasteiger partial charge in [0.2, 0.25) is 0 Å². The molecule has 0 saturated carbocycles. The van der Waals surface area contributed by atoms with E-state index in [4.69, 9.17) is 0 Å². The molecule has 0 aliphatic rings. The van der Waals surface area contributed by atoms with E-state index in [1.165, 1.54) is 21.3 Å². The van der Waals surface area contributed by atoms with E-state index in [1.807, 2.05) is 0 Å². The number of hydrogen-bond donors (Lipinski definition) is 0. The van der Waals surface area contributed by atoms with Gasteiger partial charge in [-0.1, -0.05) is 0 Å². The summed E-state index contributed by atoms with van der Waals surface area (Å²) in [6.45, 7) is 0. The molecule has 0 bridgehead atoms. The predicted molar refractivity (Wildman–Crippen MR) is 17.5 cm³/mol. The van der Waals surface area contributed by atoms with Crippen molar-refractivity contribution in [2.45, 2.75) is 11.5 Å². The van der Waals surface area contributed by atoms with Crippen molar-refractivity contribution in [3.05, 3.63) is 0 Å². The van der Waals surface area contributed by atoms with E-state index in [2.05, 4.69) is 11.5 Å². The van der Waals surface area contributed by atoms with E-state index in [0.717, 1.165) is 0 Å². The Hall–Kier alpha value is 1.41. The maximum absolute atomic E-state index is 2.40. The van der Waals surface area contributed by atoms with Crippen LogP contribution < -0.4 is 0 Å². The summed E-state index contributed by atoms with van der Waals surface area (Å²) in [5, 5.41) is 0. The van der Waals surface area contributed by atoms with Gasteiger partial charge in [0, 0.05) is 0 Å². The molecule has 0 heterocycles. The molecule has 0 fully saturated rings. The van der Waals surface area contributed by atoms with Crippen molar-refractivity contribution >= 4 is 10.1 Å². The van der Waals surface area contributed by atoms with Gasteiger partial charge < -0.3 is 0 Å². The minimum atomic E-state index is -0.194. The van der Waals surface area contributed by atoms with E-state index in [-0.39, 0.29) is 10.1 Å². The van der Waals surface area contributed by atoms with Crippen molar-refractivity contribution in [2.75, 3.05) is 0 Å². The second-order valence-electron chi connectivity index (χ2n) is 1.00. The normalized spacial score (nSPS) is 7.00. The first-order valence-corrected chi connectivity index (χ1v) is 15.8. The second-order valence-corrected chi connectivity index (χ2v) is 23.9. The Kier molecular flexibility index (Phi) is 3.57. The third kappa shape index (κ3) is 9.95. The molecule has 0 unspecified atom stereocenters. The predicted octanol–water partition coefficient (Wildman–Crippen LogP) is 0.784. The standard InChI is InChI=1S/C2H6Ge.Hf/c1-3-2;/h1-2H3;/q;+2. The van der Waals surface area contributed by atoms with Crippen LogP contribution in [-0.4, -0.2) is 10.1 Å². The second kappa shape index (κ2) is 2.64. The molecule has 0 aliphatic heterocycles. The van der Waals surface area contributed by atoms with Crippen LogP contribution in [0.1, 0.15) is 0 Å². The van der Waals surface area contributed by atoms with Crippen molar-refractivity contribution in [3.63, 3.8) is 0 Å². The van der Waals surface area contributed by atoms with Gasteiger partial charge in [-0.05, 0) is 0 Å². The van der Waals surface area contributed by atoms with Crippen LogP contribution in [0.25, 0.3) is 0 Å². The van der Waals surface area contributed by atoms with Gasteiger partial charge in [0.1, 0.15) is 0 Å². The van der Waals surface area contributed by atoms with Crippen LogP contribution in [0.3, 0.4) is 0 Å². The molecule has 0 radical (unpaired) electrons. The molecule has 0 nitrogen and oxygen atoms in total. The molecule has 0 spiro atoms. The van der Waals surface area contributed by atoms with E-state index in [0.29, 0.717) is 0 Å². The molecule has 20 valence electrons. The van der Waals surface area contributed by atoms with E-state index >= 15 is 0 Å². The van der Waals surface area contributed by atoms with Crippen molar-refractivity contribution in [3.8, 4) is 0 Å². The summed E-state index contributed by atoms with van der Waals surface area (Å²) in [5.74, 6) is 4.79. The Morgan fingerprint density at radius 1 is 1.50 bits per heavy atom. The topological polar surface area (TPSA) is 0 Å². The van der Waals surface area contributed by atoms with Gasteiger partial charge in [-0.25, -0.2) is 0 Å². The Morgan fingerprint density at radius 2 is 1.50 bits per heavy atom. The van der Waals surface area contributed by atoms with Crippen molar-refractivity contribution < 1.29 is 21.3 Å². The average Bonchev–Trinajstić information content (AvgIpc) is 0.811. The fraction of sp³-hybridized carbons (Fsp3) is 1.00. The molecule has 0 aromatic carbocycles. The van der Waals surface area contributed by atoms with Gasteiger partial charge in [0.05, 0.1) is 0 Å². The number of hydrogen-bond acceptors (Lipinski definition) is 0. The first-order valence-electron chi connectivity index (χ1n) is 1.25. The molecule has 0 N–H and O–H groups in total. The summed E-state index contributed by atoms with van der Waals surface area (Å²) in [4.78, 5) is 0. The van der Waals surface area contributed by atoms with Gasteiger partial charge >= 0.3 is 42.8 Å². The van der Waals surface area contributed by atoms with Crippen LogP contribution in [-0.2, 0) is 21.3 Å². The zero-order chi connectivity index (χ0) is 3.58. The third-order valence-corrected chi connectivity index (χ3v) is 0. The van der Waals surface area contributed by atoms with Gasteiger partial charge in [-0.15, -0.1) is 0 Å². The van der Waals surface area contributed by atoms with Crippen molar-refractivity contribution in [1.82, 2.24) is 0 Å². The van der Waals surface area contributed by atoms with E-state index in [1.54, 1.807) is 0 Å². The van der Waals surface area contributed by atoms with Crippen LogP contribution in [0.2, 0.25) is 11.5 Å². The van der Waals surface area contributed by atoms with E-state index in [9.17, 15) is 0 Å². The quantitative estimate of drug-likeness (QED) is 0.576. The summed E-state index contributed by atoms with van der Waals surface area (Å²) < 4.78 is 0. The summed E-state index contributed by atoms with van der Waals surface area (Å²) >= 11 is 1.52. The third-order valence-electron chi connectivity index (χ3n) is 0. The van der Waals surface area contributed by atoms with Crippen molar-refractivity contribution in [2.24, 2.45) is 0 Å². The summed E-state index contributed by atoms with van der Waals surface area (Å²) in [6, 6.07) is 0. The Balaban J connectivity index is 2.80. The van der Waals surface area contributed by atoms with E-state index < -0.39 is 0 Å². The monoisotopic (exact) mass is 284 g/mol. The number of rotatable bonds is 0. The molecular formula is C2H6GeHf+2. The molecule has 0 aromatic rings. The molecule has 0 saturated heterocycles. The summed E-state index contributed by atoms with van der Waals surface area (Å²) in [6.07, 6.45) is 0. The van der Waals surface area contributed by atoms with Crippen LogP contribution >= 0.6 is 0 Å². The zero-order valence-corrected chi connectivity index (χ0v) is 8.69. The van der Waals surface area contributed by atoms with Gasteiger partial charge in [-0.3, -0.25) is 0 Å². The molecule has 0 amide bonds. The first kappa shape index (κ1) is 5.41. The fourth-order valence-corrected chi connectivity index (χ4v) is 0. The molecule has 0 atom stereocenters. The average molecular weight is 281 g/mol. The molecule has 0 rings (SSSR count). The first-order chi connectivity index (χ1) is 1.73. The molecule has 0 aromatic heterocycles. The van der Waals surface area contributed by atoms with Crippen molar-refractivity contribution in [1.29, 1.82) is 0 Å². The molecule has 0 aliphatic carbocycles. The summed E-state index contributed by atoms with van der Waals surface area (Å²) in [7, 11) is -0.194. The Labute approximate surface area is 42.7 Å². The van der Waals surface area contributed by atoms with Gasteiger partial charge in [-0.2, -0.15) is 0 Å². The van der Waals surface area contributed by atoms with Gasteiger partial charge in [0.15, 0.2) is 0 Å². The Bertz CT molecular complexity index is 29.0. The van der Waals surface area contributed by atoms with Gasteiger partial charge in [0.25, 0.3) is 0 Å². The van der Waals surface area contributed by atoms with Crippen LogP contribution in [0.4, 0.5) is 0 Å². The Morgan fingerprint density at radius 3 is 1.50 bits per heavy atom. The summed E-state index contributed by atoms with van der Waals surface area (Å²) in [5.41, 5.74) is 0. The SMILES string of the molecule is [CH3][Ge]([CH3])=[Hf+2]. The van der Waals surface area contributed by atoms with Crippen LogP contribution in [0.5, 0.6) is 0 Å². The van der Waals surface area contributed by atoms with Crippen LogP contribution in [0, 0.1) is 0 Å².